The van der Waals surface area contributed by atoms with Gasteiger partial charge in [0.2, 0.25) is 0 Å². The highest BCUT2D eigenvalue weighted by Crippen LogP contribution is 2.72. The molecule has 0 saturated heterocycles. The van der Waals surface area contributed by atoms with Crippen molar-refractivity contribution in [3.8, 4) is 51.7 Å². The molecule has 0 heterocycles. The average molecular weight is 659 g/mol. The summed E-state index contributed by atoms with van der Waals surface area (Å²) in [5.41, 5.74) is 0. The Bertz CT molecular complexity index is 1050. The van der Waals surface area contributed by atoms with Gasteiger partial charge in [0.05, 0.1) is 64.0 Å². The number of methoxy groups -OCH3 is 9. The van der Waals surface area contributed by atoms with E-state index in [1.165, 1.54) is 0 Å². The number of benzene rings is 3. The third-order valence-electron chi connectivity index (χ3n) is 5.99. The minimum atomic E-state index is -2.89. The van der Waals surface area contributed by atoms with Gasteiger partial charge in [0.25, 0.3) is 0 Å². The lowest BCUT2D eigenvalue weighted by atomic mass is 10.3. The molecule has 11 heteroatoms. The van der Waals surface area contributed by atoms with Crippen LogP contribution in [0.1, 0.15) is 0 Å². The van der Waals surface area contributed by atoms with E-state index in [0.29, 0.717) is 51.7 Å². The van der Waals surface area contributed by atoms with E-state index in [2.05, 4.69) is 22.0 Å². The van der Waals surface area contributed by atoms with Crippen molar-refractivity contribution in [3.05, 3.63) is 36.4 Å². The SMILES string of the molecule is COc1cc(OC)c([P+](I)(c2c(OC)cc(OC)cc2OC)c2c(OC)cc(OC)cc2OC)c(OC)c1. The normalized spacial score (nSPS) is 10.9. The van der Waals surface area contributed by atoms with Gasteiger partial charge in [0.15, 0.2) is 77.4 Å². The quantitative estimate of drug-likeness (QED) is 0.208. The lowest BCUT2D eigenvalue weighted by molar-refractivity contribution is 0.378. The first-order chi connectivity index (χ1) is 18.3. The first-order valence-electron chi connectivity index (χ1n) is 11.3. The van der Waals surface area contributed by atoms with E-state index in [0.717, 1.165) is 15.9 Å². The van der Waals surface area contributed by atoms with E-state index >= 15 is 0 Å². The van der Waals surface area contributed by atoms with Gasteiger partial charge < -0.3 is 42.6 Å². The maximum Gasteiger partial charge on any atom is 0.197 e. The van der Waals surface area contributed by atoms with Crippen molar-refractivity contribution in [2.75, 3.05) is 64.0 Å². The Hall–Kier alpha value is -2.98. The van der Waals surface area contributed by atoms with Crippen molar-refractivity contribution in [1.82, 2.24) is 0 Å². The van der Waals surface area contributed by atoms with Crippen LogP contribution >= 0.6 is 26.9 Å². The maximum atomic E-state index is 5.95. The predicted octanol–water partition coefficient (Wildman–Crippen LogP) is 4.41. The second kappa shape index (κ2) is 12.7. The van der Waals surface area contributed by atoms with Gasteiger partial charge in [-0.05, 0) is 0 Å². The summed E-state index contributed by atoms with van der Waals surface area (Å²) in [6.45, 7) is 0. The van der Waals surface area contributed by atoms with Gasteiger partial charge in [-0.1, -0.05) is 0 Å². The summed E-state index contributed by atoms with van der Waals surface area (Å²) in [4.78, 5) is -2.89. The molecule has 9 nitrogen and oxygen atoms in total. The third kappa shape index (κ3) is 5.16. The zero-order valence-electron chi connectivity index (χ0n) is 23.0. The summed E-state index contributed by atoms with van der Waals surface area (Å²) in [6, 6.07) is 10.9. The molecule has 0 fully saturated rings. The van der Waals surface area contributed by atoms with Gasteiger partial charge in [-0.15, -0.1) is 0 Å². The van der Waals surface area contributed by atoms with E-state index < -0.39 is 4.90 Å². The van der Waals surface area contributed by atoms with Crippen LogP contribution in [0.15, 0.2) is 36.4 Å². The van der Waals surface area contributed by atoms with Gasteiger partial charge in [-0.3, -0.25) is 0 Å². The highest BCUT2D eigenvalue weighted by atomic mass is 127. The standard InChI is InChI=1S/C27H33IO9P/c1-29-16-10-19(32-4)25(20(11-16)33-5)38(28,26-21(34-6)12-17(30-2)13-22(26)35-7)27-23(36-8)14-18(31-3)15-24(27)37-9/h10-15H,1-9H3/q+1. The van der Waals surface area contributed by atoms with E-state index in [1.54, 1.807) is 64.0 Å². The van der Waals surface area contributed by atoms with Crippen molar-refractivity contribution in [2.45, 2.75) is 0 Å². The second-order valence-electron chi connectivity index (χ2n) is 7.73. The van der Waals surface area contributed by atoms with Crippen LogP contribution in [-0.4, -0.2) is 64.0 Å². The number of rotatable bonds is 12. The molecule has 0 spiro atoms. The Balaban J connectivity index is 2.68. The molecule has 0 unspecified atom stereocenters. The van der Waals surface area contributed by atoms with Crippen molar-refractivity contribution in [1.29, 1.82) is 0 Å². The topological polar surface area (TPSA) is 83.1 Å². The minimum absolute atomic E-state index is 0.545. The molecular formula is C27H33IO9P+. The third-order valence-corrected chi connectivity index (χ3v) is 13.5. The molecule has 38 heavy (non-hydrogen) atoms. The lowest BCUT2D eigenvalue weighted by Crippen LogP contribution is -2.32. The smallest absolute Gasteiger partial charge is 0.197 e. The monoisotopic (exact) mass is 659 g/mol. The van der Waals surface area contributed by atoms with Gasteiger partial charge in [0, 0.05) is 36.4 Å². The molecule has 0 saturated carbocycles. The fraction of sp³-hybridized carbons (Fsp3) is 0.333. The zero-order chi connectivity index (χ0) is 28.0. The molecule has 0 atom stereocenters. The summed E-state index contributed by atoms with van der Waals surface area (Å²) >= 11 is 2.45. The second-order valence-corrected chi connectivity index (χ2v) is 14.6. The van der Waals surface area contributed by atoms with Crippen LogP contribution in [0.2, 0.25) is 0 Å². The van der Waals surface area contributed by atoms with E-state index in [9.17, 15) is 0 Å². The Morgan fingerprint density at radius 1 is 0.368 bits per heavy atom. The van der Waals surface area contributed by atoms with Crippen LogP contribution in [0.25, 0.3) is 0 Å². The molecule has 0 bridgehead atoms. The fourth-order valence-electron chi connectivity index (χ4n) is 4.21. The highest BCUT2D eigenvalue weighted by molar-refractivity contribution is 14.2. The van der Waals surface area contributed by atoms with E-state index in [1.807, 2.05) is 36.4 Å². The molecule has 0 aliphatic carbocycles. The number of hydrogen-bond acceptors (Lipinski definition) is 9. The number of halogens is 1. The van der Waals surface area contributed by atoms with Crippen molar-refractivity contribution < 1.29 is 42.6 Å². The highest BCUT2D eigenvalue weighted by Gasteiger charge is 2.57. The van der Waals surface area contributed by atoms with Crippen LogP contribution in [0.4, 0.5) is 0 Å². The molecule has 3 aromatic carbocycles. The average Bonchev–Trinajstić information content (AvgIpc) is 2.97. The first kappa shape index (κ1) is 29.6. The first-order valence-corrected chi connectivity index (χ1v) is 15.9. The largest absolute Gasteiger partial charge is 0.496 e. The van der Waals surface area contributed by atoms with Crippen molar-refractivity contribution >= 4 is 42.9 Å². The van der Waals surface area contributed by atoms with Crippen LogP contribution in [0.3, 0.4) is 0 Å². The summed E-state index contributed by atoms with van der Waals surface area (Å²) in [6.07, 6.45) is 0. The van der Waals surface area contributed by atoms with Crippen LogP contribution in [0.5, 0.6) is 51.7 Å². The van der Waals surface area contributed by atoms with Gasteiger partial charge >= 0.3 is 0 Å². The van der Waals surface area contributed by atoms with E-state index in [-0.39, 0.29) is 0 Å². The molecule has 206 valence electrons. The molecule has 3 aromatic rings. The Morgan fingerprint density at radius 2 is 0.553 bits per heavy atom. The molecule has 0 aliphatic rings. The van der Waals surface area contributed by atoms with Crippen molar-refractivity contribution in [2.24, 2.45) is 0 Å². The van der Waals surface area contributed by atoms with E-state index in [4.69, 9.17) is 42.6 Å². The Labute approximate surface area is 237 Å². The molecule has 3 rings (SSSR count). The van der Waals surface area contributed by atoms with Crippen LogP contribution < -0.4 is 58.5 Å². The fourth-order valence-corrected chi connectivity index (χ4v) is 11.9. The van der Waals surface area contributed by atoms with Crippen molar-refractivity contribution in [3.63, 3.8) is 0 Å². The lowest BCUT2D eigenvalue weighted by Gasteiger charge is -2.28. The molecule has 0 N–H and O–H groups in total. The Morgan fingerprint density at radius 3 is 0.684 bits per heavy atom. The zero-order valence-corrected chi connectivity index (χ0v) is 26.0. The number of ether oxygens (including phenoxy) is 9. The summed E-state index contributed by atoms with van der Waals surface area (Å²) < 4.78 is 52.3. The maximum absolute atomic E-state index is 5.95. The van der Waals surface area contributed by atoms with Crippen LogP contribution in [-0.2, 0) is 0 Å². The molecule has 0 amide bonds. The van der Waals surface area contributed by atoms with Gasteiger partial charge in [0.1, 0.15) is 17.2 Å². The minimum Gasteiger partial charge on any atom is -0.496 e. The predicted molar refractivity (Wildman–Crippen MR) is 158 cm³/mol. The molecule has 0 aliphatic heterocycles. The van der Waals surface area contributed by atoms with Gasteiger partial charge in [-0.25, -0.2) is 0 Å². The summed E-state index contributed by atoms with van der Waals surface area (Å²) in [5.74, 6) is 5.00. The molecule has 0 radical (unpaired) electrons. The molecular weight excluding hydrogens is 626 g/mol. The number of hydrogen-bond donors (Lipinski definition) is 0. The van der Waals surface area contributed by atoms with Gasteiger partial charge in [-0.2, -0.15) is 0 Å². The Kier molecular flexibility index (Phi) is 9.89. The van der Waals surface area contributed by atoms with Crippen LogP contribution in [0, 0.1) is 0 Å². The summed E-state index contributed by atoms with van der Waals surface area (Å²) in [7, 11) is 14.4. The molecule has 0 aromatic heterocycles. The summed E-state index contributed by atoms with van der Waals surface area (Å²) in [5, 5.41) is 2.27.